The molecule has 0 spiro atoms. The van der Waals surface area contributed by atoms with E-state index in [2.05, 4.69) is 5.32 Å². The van der Waals surface area contributed by atoms with Crippen LogP contribution in [0.3, 0.4) is 0 Å². The minimum Gasteiger partial charge on any atom is -0.481 e. The monoisotopic (exact) mass is 297 g/mol. The van der Waals surface area contributed by atoms with Gasteiger partial charge in [0, 0.05) is 12.6 Å². The largest absolute Gasteiger partial charge is 0.481 e. The maximum Gasteiger partial charge on any atom is 0.321 e. The number of carboxylic acid groups (broad SMARTS) is 1. The molecule has 0 aromatic carbocycles. The van der Waals surface area contributed by atoms with Crippen LogP contribution in [0.1, 0.15) is 26.7 Å². The van der Waals surface area contributed by atoms with Gasteiger partial charge in [-0.3, -0.25) is 19.7 Å². The molecule has 2 fully saturated rings. The van der Waals surface area contributed by atoms with Gasteiger partial charge in [-0.15, -0.1) is 0 Å². The van der Waals surface area contributed by atoms with Crippen LogP contribution in [0.5, 0.6) is 0 Å². The Hall–Kier alpha value is -2.12. The summed E-state index contributed by atoms with van der Waals surface area (Å²) in [6, 6.07) is -1.58. The number of carboxylic acids is 1. The number of aliphatic carboxylic acids is 1. The van der Waals surface area contributed by atoms with Gasteiger partial charge in [0.2, 0.25) is 11.8 Å². The molecular weight excluding hydrogens is 278 g/mol. The standard InChI is InChI=1S/C13H19N3O5/c1-3-9-11(18)14-10(17)6-16(9)13(21)15-5-4-8(7(15)2)12(19)20/h7-9H,3-6H2,1-2H3,(H,19,20)(H,14,17,18). The molecule has 0 radical (unpaired) electrons. The normalized spacial score (nSPS) is 29.5. The zero-order valence-electron chi connectivity index (χ0n) is 12.0. The molecule has 0 aromatic heterocycles. The van der Waals surface area contributed by atoms with Gasteiger partial charge in [0.25, 0.3) is 0 Å². The number of urea groups is 1. The summed E-state index contributed by atoms with van der Waals surface area (Å²) >= 11 is 0. The van der Waals surface area contributed by atoms with Crippen molar-refractivity contribution < 1.29 is 24.3 Å². The van der Waals surface area contributed by atoms with E-state index >= 15 is 0 Å². The third-order valence-corrected chi connectivity index (χ3v) is 4.21. The second-order valence-corrected chi connectivity index (χ2v) is 5.41. The minimum atomic E-state index is -0.933. The van der Waals surface area contributed by atoms with E-state index in [1.54, 1.807) is 13.8 Å². The summed E-state index contributed by atoms with van der Waals surface area (Å²) in [5.74, 6) is -2.54. The fraction of sp³-hybridized carbons (Fsp3) is 0.692. The smallest absolute Gasteiger partial charge is 0.321 e. The van der Waals surface area contributed by atoms with Gasteiger partial charge in [-0.05, 0) is 19.8 Å². The molecule has 8 nitrogen and oxygen atoms in total. The van der Waals surface area contributed by atoms with Crippen LogP contribution in [-0.2, 0) is 14.4 Å². The van der Waals surface area contributed by atoms with E-state index in [4.69, 9.17) is 5.11 Å². The maximum atomic E-state index is 12.6. The van der Waals surface area contributed by atoms with Crippen LogP contribution >= 0.6 is 0 Å². The molecule has 2 heterocycles. The van der Waals surface area contributed by atoms with Crippen molar-refractivity contribution in [2.24, 2.45) is 5.92 Å². The lowest BCUT2D eigenvalue weighted by Crippen LogP contribution is -2.62. The Balaban J connectivity index is 2.16. The Bertz CT molecular complexity index is 492. The van der Waals surface area contributed by atoms with Gasteiger partial charge >= 0.3 is 12.0 Å². The number of hydrogen-bond donors (Lipinski definition) is 2. The molecule has 2 aliphatic heterocycles. The van der Waals surface area contributed by atoms with Crippen LogP contribution in [-0.4, -0.2) is 63.9 Å². The number of imide groups is 1. The number of rotatable bonds is 2. The van der Waals surface area contributed by atoms with Gasteiger partial charge in [-0.1, -0.05) is 6.92 Å². The van der Waals surface area contributed by atoms with E-state index in [0.29, 0.717) is 19.4 Å². The van der Waals surface area contributed by atoms with Crippen molar-refractivity contribution in [3.05, 3.63) is 0 Å². The summed E-state index contributed by atoms with van der Waals surface area (Å²) in [6.07, 6.45) is 0.780. The minimum absolute atomic E-state index is 0.177. The lowest BCUT2D eigenvalue weighted by molar-refractivity contribution is -0.143. The first kappa shape index (κ1) is 15.3. The molecule has 116 valence electrons. The summed E-state index contributed by atoms with van der Waals surface area (Å²) in [4.78, 5) is 49.6. The number of piperazine rings is 1. The van der Waals surface area contributed by atoms with Crippen molar-refractivity contribution in [1.29, 1.82) is 0 Å². The molecule has 0 aliphatic carbocycles. The predicted molar refractivity (Wildman–Crippen MR) is 71.2 cm³/mol. The van der Waals surface area contributed by atoms with Crippen molar-refractivity contribution in [3.8, 4) is 0 Å². The number of carbonyl (C=O) groups excluding carboxylic acids is 3. The number of nitrogens with zero attached hydrogens (tertiary/aromatic N) is 2. The van der Waals surface area contributed by atoms with Crippen molar-refractivity contribution in [1.82, 2.24) is 15.1 Å². The van der Waals surface area contributed by atoms with Crippen molar-refractivity contribution in [2.75, 3.05) is 13.1 Å². The van der Waals surface area contributed by atoms with Gasteiger partial charge < -0.3 is 14.9 Å². The van der Waals surface area contributed by atoms with Crippen LogP contribution < -0.4 is 5.32 Å². The van der Waals surface area contributed by atoms with Crippen LogP contribution in [0, 0.1) is 5.92 Å². The Morgan fingerprint density at radius 1 is 1.33 bits per heavy atom. The highest BCUT2D eigenvalue weighted by atomic mass is 16.4. The fourth-order valence-electron chi connectivity index (χ4n) is 2.98. The Morgan fingerprint density at radius 2 is 2.00 bits per heavy atom. The van der Waals surface area contributed by atoms with Crippen molar-refractivity contribution in [3.63, 3.8) is 0 Å². The summed E-state index contributed by atoms with van der Waals surface area (Å²) < 4.78 is 0. The molecule has 3 atom stereocenters. The molecule has 2 saturated heterocycles. The summed E-state index contributed by atoms with van der Waals surface area (Å²) in [5.41, 5.74) is 0. The Morgan fingerprint density at radius 3 is 2.52 bits per heavy atom. The van der Waals surface area contributed by atoms with Gasteiger partial charge in [0.1, 0.15) is 12.6 Å². The molecule has 21 heavy (non-hydrogen) atoms. The Labute approximate surface area is 122 Å². The van der Waals surface area contributed by atoms with Crippen molar-refractivity contribution >= 4 is 23.8 Å². The quantitative estimate of drug-likeness (QED) is 0.677. The molecule has 4 amide bonds. The molecule has 0 aromatic rings. The lowest BCUT2D eigenvalue weighted by Gasteiger charge is -2.37. The molecule has 8 heteroatoms. The average molecular weight is 297 g/mol. The van der Waals surface area contributed by atoms with E-state index in [1.807, 2.05) is 0 Å². The zero-order chi connectivity index (χ0) is 15.7. The average Bonchev–Trinajstić information content (AvgIpc) is 2.79. The van der Waals surface area contributed by atoms with Crippen LogP contribution in [0.15, 0.2) is 0 Å². The highest BCUT2D eigenvalue weighted by molar-refractivity contribution is 6.04. The molecule has 2 aliphatic rings. The number of carbonyl (C=O) groups is 4. The van der Waals surface area contributed by atoms with E-state index < -0.39 is 41.8 Å². The van der Waals surface area contributed by atoms with Gasteiger partial charge in [0.15, 0.2) is 0 Å². The first-order valence-corrected chi connectivity index (χ1v) is 7.00. The van der Waals surface area contributed by atoms with Gasteiger partial charge in [-0.25, -0.2) is 4.79 Å². The first-order valence-electron chi connectivity index (χ1n) is 7.00. The van der Waals surface area contributed by atoms with Gasteiger partial charge in [0.05, 0.1) is 5.92 Å². The van der Waals surface area contributed by atoms with E-state index in [9.17, 15) is 19.2 Å². The topological polar surface area (TPSA) is 107 Å². The maximum absolute atomic E-state index is 12.6. The van der Waals surface area contributed by atoms with Crippen LogP contribution in [0.25, 0.3) is 0 Å². The van der Waals surface area contributed by atoms with E-state index in [-0.39, 0.29) is 6.54 Å². The molecule has 3 unspecified atom stereocenters. The molecule has 0 saturated carbocycles. The lowest BCUT2D eigenvalue weighted by atomic mass is 10.0. The number of amides is 4. The molecule has 0 bridgehead atoms. The predicted octanol–water partition coefficient (Wildman–Crippen LogP) is -0.362. The highest BCUT2D eigenvalue weighted by Crippen LogP contribution is 2.26. The third-order valence-electron chi connectivity index (χ3n) is 4.21. The summed E-state index contributed by atoms with van der Waals surface area (Å²) in [5, 5.41) is 11.3. The fourth-order valence-corrected chi connectivity index (χ4v) is 2.98. The van der Waals surface area contributed by atoms with Crippen molar-refractivity contribution in [2.45, 2.75) is 38.8 Å². The third kappa shape index (κ3) is 2.70. The van der Waals surface area contributed by atoms with Gasteiger partial charge in [-0.2, -0.15) is 0 Å². The van der Waals surface area contributed by atoms with E-state index in [0.717, 1.165) is 0 Å². The summed E-state index contributed by atoms with van der Waals surface area (Å²) in [7, 11) is 0. The molecule has 2 N–H and O–H groups in total. The highest BCUT2D eigenvalue weighted by Gasteiger charge is 2.43. The molecule has 2 rings (SSSR count). The molecular formula is C13H19N3O5. The summed E-state index contributed by atoms with van der Waals surface area (Å²) in [6.45, 7) is 3.58. The van der Waals surface area contributed by atoms with Crippen LogP contribution in [0.4, 0.5) is 4.79 Å². The number of nitrogens with one attached hydrogen (secondary N) is 1. The number of likely N-dealkylation sites (tertiary alicyclic amines) is 1. The SMILES string of the molecule is CCC1C(=O)NC(=O)CN1C(=O)N1CCC(C(=O)O)C1C. The zero-order valence-corrected chi connectivity index (χ0v) is 12.0. The first-order chi connectivity index (χ1) is 9.86. The second kappa shape index (κ2) is 5.71. The second-order valence-electron chi connectivity index (χ2n) is 5.41. The number of hydrogen-bond acceptors (Lipinski definition) is 4. The van der Waals surface area contributed by atoms with E-state index in [1.165, 1.54) is 9.80 Å². The van der Waals surface area contributed by atoms with Crippen LogP contribution in [0.2, 0.25) is 0 Å². The Kier molecular flexibility index (Phi) is 4.15.